The molecule has 0 aliphatic rings. The van der Waals surface area contributed by atoms with Gasteiger partial charge in [0, 0.05) is 30.0 Å². The van der Waals surface area contributed by atoms with Crippen molar-refractivity contribution in [1.29, 1.82) is 0 Å². The summed E-state index contributed by atoms with van der Waals surface area (Å²) in [6.45, 7) is 18.8. The fourth-order valence-electron chi connectivity index (χ4n) is 1.78. The molecule has 6 heteroatoms. The second-order valence-corrected chi connectivity index (χ2v) is 11.2. The summed E-state index contributed by atoms with van der Waals surface area (Å²) in [5, 5.41) is 0.808. The molecule has 5 nitrogen and oxygen atoms in total. The number of hydrogen-bond donors (Lipinski definition) is 0. The first kappa shape index (κ1) is 35.7. The molecule has 0 spiro atoms. The van der Waals surface area contributed by atoms with Crippen LogP contribution in [0.15, 0.2) is 64.2 Å². The standard InChI is InChI=1S/C9H8O3S.C7H9N.2C5H12.C4H8O/c1-13(10,11)8-2-3-9-7(6-8)4-5-12-9;1-2-7-5-3-4-6-8-7;2*1-4-5(2)3;1-3-4(2)5/h2-6H,1H3;3-6H,2H2,1H3;2*5H,4H2,1-3H3;3H2,1-2H3. The van der Waals surface area contributed by atoms with Crippen molar-refractivity contribution in [3.05, 3.63) is 60.6 Å². The topological polar surface area (TPSA) is 77.2 Å². The van der Waals surface area contributed by atoms with Gasteiger partial charge in [0.2, 0.25) is 0 Å². The van der Waals surface area contributed by atoms with Crippen molar-refractivity contribution in [2.45, 2.75) is 92.9 Å². The highest BCUT2D eigenvalue weighted by Crippen LogP contribution is 2.19. The highest BCUT2D eigenvalue weighted by Gasteiger charge is 2.07. The molecule has 0 fully saturated rings. The summed E-state index contributed by atoms with van der Waals surface area (Å²) < 4.78 is 27.4. The molecule has 0 amide bonds. The molecule has 0 aliphatic heterocycles. The van der Waals surface area contributed by atoms with E-state index in [4.69, 9.17) is 4.42 Å². The number of rotatable bonds is 5. The van der Waals surface area contributed by atoms with E-state index >= 15 is 0 Å². The van der Waals surface area contributed by atoms with Crippen molar-refractivity contribution in [1.82, 2.24) is 4.98 Å². The predicted molar refractivity (Wildman–Crippen MR) is 154 cm³/mol. The molecule has 3 aromatic rings. The summed E-state index contributed by atoms with van der Waals surface area (Å²) in [6, 6.07) is 12.5. The minimum absolute atomic E-state index is 0.255. The first-order chi connectivity index (χ1) is 16.8. The molecule has 204 valence electrons. The summed E-state index contributed by atoms with van der Waals surface area (Å²) in [5.74, 6) is 2.02. The smallest absolute Gasteiger partial charge is 0.175 e. The highest BCUT2D eigenvalue weighted by atomic mass is 32.2. The van der Waals surface area contributed by atoms with E-state index in [1.807, 2.05) is 31.3 Å². The minimum atomic E-state index is -3.11. The summed E-state index contributed by atoms with van der Waals surface area (Å²) >= 11 is 0. The lowest BCUT2D eigenvalue weighted by Crippen LogP contribution is -1.95. The number of ketones is 1. The van der Waals surface area contributed by atoms with E-state index in [2.05, 4.69) is 53.5 Å². The van der Waals surface area contributed by atoms with Gasteiger partial charge in [-0.05, 0) is 61.6 Å². The lowest BCUT2D eigenvalue weighted by Gasteiger charge is -1.96. The molecule has 0 saturated heterocycles. The van der Waals surface area contributed by atoms with Crippen LogP contribution >= 0.6 is 0 Å². The van der Waals surface area contributed by atoms with Gasteiger partial charge in [-0.3, -0.25) is 4.98 Å². The number of benzene rings is 1. The monoisotopic (exact) mass is 519 g/mol. The normalized spacial score (nSPS) is 10.1. The molecule has 0 N–H and O–H groups in total. The fourth-order valence-corrected chi connectivity index (χ4v) is 2.44. The van der Waals surface area contributed by atoms with Crippen molar-refractivity contribution >= 4 is 26.6 Å². The Morgan fingerprint density at radius 3 is 1.78 bits per heavy atom. The maximum Gasteiger partial charge on any atom is 0.175 e. The molecular weight excluding hydrogens is 470 g/mol. The molecule has 2 heterocycles. The molecule has 0 aliphatic carbocycles. The van der Waals surface area contributed by atoms with Gasteiger partial charge in [0.25, 0.3) is 0 Å². The van der Waals surface area contributed by atoms with E-state index in [1.54, 1.807) is 31.2 Å². The third kappa shape index (κ3) is 19.8. The lowest BCUT2D eigenvalue weighted by molar-refractivity contribution is -0.116. The number of aryl methyl sites for hydroxylation is 1. The molecule has 0 unspecified atom stereocenters. The quantitative estimate of drug-likeness (QED) is 0.337. The van der Waals surface area contributed by atoms with Crippen LogP contribution in [0, 0.1) is 11.8 Å². The summed E-state index contributed by atoms with van der Waals surface area (Å²) in [5.41, 5.74) is 1.86. The summed E-state index contributed by atoms with van der Waals surface area (Å²) in [4.78, 5) is 14.2. The van der Waals surface area contributed by atoms with Gasteiger partial charge in [0.1, 0.15) is 11.4 Å². The van der Waals surface area contributed by atoms with Crippen molar-refractivity contribution < 1.29 is 17.6 Å². The Kier molecular flexibility index (Phi) is 20.5. The number of sulfone groups is 1. The molecule has 3 rings (SSSR count). The zero-order chi connectivity index (χ0) is 28.1. The third-order valence-electron chi connectivity index (χ3n) is 5.07. The first-order valence-electron chi connectivity index (χ1n) is 12.9. The van der Waals surface area contributed by atoms with Crippen LogP contribution < -0.4 is 0 Å². The molecule has 0 atom stereocenters. The number of aromatic nitrogens is 1. The van der Waals surface area contributed by atoms with Crippen LogP contribution in [-0.2, 0) is 21.1 Å². The number of nitrogens with zero attached hydrogens (tertiary/aromatic N) is 1. The number of furan rings is 1. The Bertz CT molecular complexity index is 1030. The van der Waals surface area contributed by atoms with Gasteiger partial charge in [-0.15, -0.1) is 0 Å². The van der Waals surface area contributed by atoms with Gasteiger partial charge < -0.3 is 9.21 Å². The first-order valence-corrected chi connectivity index (χ1v) is 14.8. The molecular formula is C30H49NO4S. The number of Topliss-reactive ketones (excluding diaryl/α,β-unsaturated/α-hetero) is 1. The zero-order valence-electron chi connectivity index (χ0n) is 24.2. The van der Waals surface area contributed by atoms with E-state index in [0.717, 1.165) is 29.3 Å². The van der Waals surface area contributed by atoms with Crippen LogP contribution in [0.1, 0.15) is 87.3 Å². The van der Waals surface area contributed by atoms with Gasteiger partial charge >= 0.3 is 0 Å². The largest absolute Gasteiger partial charge is 0.464 e. The maximum absolute atomic E-state index is 11.2. The number of carbonyl (C=O) groups excluding carboxylic acids is 1. The highest BCUT2D eigenvalue weighted by molar-refractivity contribution is 7.90. The van der Waals surface area contributed by atoms with E-state index in [1.165, 1.54) is 25.4 Å². The van der Waals surface area contributed by atoms with Gasteiger partial charge in [-0.1, -0.05) is 74.3 Å². The number of fused-ring (bicyclic) bond motifs is 1. The van der Waals surface area contributed by atoms with Crippen LogP contribution in [0.2, 0.25) is 0 Å². The molecule has 36 heavy (non-hydrogen) atoms. The second-order valence-electron chi connectivity index (χ2n) is 9.23. The van der Waals surface area contributed by atoms with Crippen molar-refractivity contribution in [2.24, 2.45) is 11.8 Å². The van der Waals surface area contributed by atoms with Crippen LogP contribution in [0.4, 0.5) is 0 Å². The third-order valence-corrected chi connectivity index (χ3v) is 6.18. The Morgan fingerprint density at radius 2 is 1.44 bits per heavy atom. The van der Waals surface area contributed by atoms with Crippen LogP contribution in [0.3, 0.4) is 0 Å². The van der Waals surface area contributed by atoms with E-state index in [-0.39, 0.29) is 5.78 Å². The number of carbonyl (C=O) groups is 1. The summed E-state index contributed by atoms with van der Waals surface area (Å²) in [7, 11) is -3.11. The fraction of sp³-hybridized carbons (Fsp3) is 0.533. The number of pyridine rings is 1. The van der Waals surface area contributed by atoms with Crippen molar-refractivity contribution in [3.8, 4) is 0 Å². The average molecular weight is 520 g/mol. The van der Waals surface area contributed by atoms with Crippen molar-refractivity contribution in [3.63, 3.8) is 0 Å². The van der Waals surface area contributed by atoms with Crippen LogP contribution in [-0.4, -0.2) is 25.4 Å². The molecule has 0 bridgehead atoms. The van der Waals surface area contributed by atoms with E-state index in [0.29, 0.717) is 16.9 Å². The van der Waals surface area contributed by atoms with Crippen LogP contribution in [0.25, 0.3) is 11.0 Å². The SMILES string of the molecule is CCC(C)=O.CCC(C)C.CCC(C)C.CCc1ccccn1.CS(=O)(=O)c1ccc2occc2c1. The second kappa shape index (κ2) is 20.7. The molecule has 0 saturated carbocycles. The molecule has 1 aromatic carbocycles. The lowest BCUT2D eigenvalue weighted by atomic mass is 10.2. The van der Waals surface area contributed by atoms with E-state index < -0.39 is 9.84 Å². The van der Waals surface area contributed by atoms with Crippen molar-refractivity contribution in [2.75, 3.05) is 6.26 Å². The van der Waals surface area contributed by atoms with Gasteiger partial charge in [0.05, 0.1) is 11.2 Å². The Balaban J connectivity index is 0. The molecule has 2 aromatic heterocycles. The summed E-state index contributed by atoms with van der Waals surface area (Å²) in [6.07, 6.45) is 8.85. The number of hydrogen-bond acceptors (Lipinski definition) is 5. The maximum atomic E-state index is 11.2. The Hall–Kier alpha value is -2.47. The van der Waals surface area contributed by atoms with Gasteiger partial charge in [-0.2, -0.15) is 0 Å². The zero-order valence-corrected chi connectivity index (χ0v) is 25.0. The molecule has 0 radical (unpaired) electrons. The Morgan fingerprint density at radius 1 is 0.917 bits per heavy atom. The Labute approximate surface area is 220 Å². The van der Waals surface area contributed by atoms with Gasteiger partial charge in [0.15, 0.2) is 9.84 Å². The van der Waals surface area contributed by atoms with E-state index in [9.17, 15) is 13.2 Å². The van der Waals surface area contributed by atoms with Gasteiger partial charge in [-0.25, -0.2) is 8.42 Å². The van der Waals surface area contributed by atoms with Crippen LogP contribution in [0.5, 0.6) is 0 Å². The predicted octanol–water partition coefficient (Wildman–Crippen LogP) is 8.57. The average Bonchev–Trinajstić information content (AvgIpc) is 3.33. The minimum Gasteiger partial charge on any atom is -0.464 e.